The van der Waals surface area contributed by atoms with E-state index in [0.717, 1.165) is 12.8 Å². The molecule has 1 aliphatic rings. The zero-order valence-electron chi connectivity index (χ0n) is 7.79. The Morgan fingerprint density at radius 3 is 2.47 bits per heavy atom. The fourth-order valence-corrected chi connectivity index (χ4v) is 1.64. The summed E-state index contributed by atoms with van der Waals surface area (Å²) in [5.41, 5.74) is -5.36. The van der Waals surface area contributed by atoms with Crippen LogP contribution in [0.5, 0.6) is 0 Å². The van der Waals surface area contributed by atoms with Crippen LogP contribution in [0.2, 0.25) is 0 Å². The van der Waals surface area contributed by atoms with Crippen molar-refractivity contribution in [3.8, 4) is 0 Å². The van der Waals surface area contributed by atoms with Crippen LogP contribution < -0.4 is 0 Å². The van der Waals surface area contributed by atoms with Crippen LogP contribution in [0.4, 0.5) is 13.2 Å². The second-order valence-electron chi connectivity index (χ2n) is 3.17. The third kappa shape index (κ3) is 3.62. The van der Waals surface area contributed by atoms with Gasteiger partial charge >= 0.3 is 15.6 Å². The molecule has 1 rings (SSSR count). The lowest BCUT2D eigenvalue weighted by molar-refractivity contribution is -0.0614. The van der Waals surface area contributed by atoms with Gasteiger partial charge in [-0.1, -0.05) is 0 Å². The van der Waals surface area contributed by atoms with Gasteiger partial charge in [-0.15, -0.1) is 0 Å². The van der Waals surface area contributed by atoms with Crippen molar-refractivity contribution in [3.05, 3.63) is 0 Å². The van der Waals surface area contributed by atoms with Crippen molar-refractivity contribution in [1.82, 2.24) is 0 Å². The van der Waals surface area contributed by atoms with Crippen molar-refractivity contribution in [2.75, 3.05) is 13.2 Å². The van der Waals surface area contributed by atoms with Crippen molar-refractivity contribution >= 4 is 10.1 Å². The number of rotatable bonds is 3. The first-order valence-electron chi connectivity index (χ1n) is 4.40. The summed E-state index contributed by atoms with van der Waals surface area (Å²) in [5.74, 6) is 0. The average molecular weight is 248 g/mol. The predicted octanol–water partition coefficient (Wildman–Crippen LogP) is 1.42. The van der Waals surface area contributed by atoms with E-state index in [0.29, 0.717) is 13.0 Å². The second kappa shape index (κ2) is 4.67. The summed E-state index contributed by atoms with van der Waals surface area (Å²) in [4.78, 5) is 0. The van der Waals surface area contributed by atoms with Crippen molar-refractivity contribution in [3.63, 3.8) is 0 Å². The van der Waals surface area contributed by atoms with Gasteiger partial charge < -0.3 is 4.74 Å². The van der Waals surface area contributed by atoms with Gasteiger partial charge in [0.15, 0.2) is 0 Å². The van der Waals surface area contributed by atoms with E-state index in [1.54, 1.807) is 0 Å². The molecule has 0 aromatic carbocycles. The molecule has 0 amide bonds. The van der Waals surface area contributed by atoms with Gasteiger partial charge in [0.05, 0.1) is 12.7 Å². The van der Waals surface area contributed by atoms with E-state index < -0.39 is 28.3 Å². The van der Waals surface area contributed by atoms with Crippen LogP contribution in [0, 0.1) is 0 Å². The third-order valence-corrected chi connectivity index (χ3v) is 2.98. The molecule has 0 aliphatic carbocycles. The quantitative estimate of drug-likeness (QED) is 0.560. The van der Waals surface area contributed by atoms with Crippen LogP contribution >= 0.6 is 0 Å². The standard InChI is InChI=1S/C7H11F3O4S/c8-7(9,10)15(11,12)14-5-6-3-1-2-4-13-6/h6H,1-5H2. The first kappa shape index (κ1) is 12.7. The van der Waals surface area contributed by atoms with Crippen LogP contribution in [0.3, 0.4) is 0 Å². The Morgan fingerprint density at radius 1 is 1.33 bits per heavy atom. The highest BCUT2D eigenvalue weighted by molar-refractivity contribution is 7.87. The molecule has 0 radical (unpaired) electrons. The summed E-state index contributed by atoms with van der Waals surface area (Å²) < 4.78 is 65.4. The van der Waals surface area contributed by atoms with Crippen LogP contribution in [-0.4, -0.2) is 33.2 Å². The van der Waals surface area contributed by atoms with Crippen LogP contribution in [0.25, 0.3) is 0 Å². The Morgan fingerprint density at radius 2 is 2.00 bits per heavy atom. The minimum absolute atomic E-state index is 0.431. The zero-order chi connectivity index (χ0) is 11.5. The van der Waals surface area contributed by atoms with Crippen molar-refractivity contribution in [2.45, 2.75) is 30.9 Å². The first-order valence-corrected chi connectivity index (χ1v) is 5.81. The number of alkyl halides is 3. The van der Waals surface area contributed by atoms with E-state index in [1.807, 2.05) is 0 Å². The van der Waals surface area contributed by atoms with Gasteiger partial charge in [-0.2, -0.15) is 21.6 Å². The van der Waals surface area contributed by atoms with Crippen molar-refractivity contribution in [1.29, 1.82) is 0 Å². The summed E-state index contributed by atoms with van der Waals surface area (Å²) in [6, 6.07) is 0. The molecule has 1 atom stereocenters. The molecule has 0 spiro atoms. The molecule has 8 heteroatoms. The van der Waals surface area contributed by atoms with Gasteiger partial charge in [-0.05, 0) is 19.3 Å². The molecule has 1 saturated heterocycles. The van der Waals surface area contributed by atoms with E-state index in [2.05, 4.69) is 4.18 Å². The summed E-state index contributed by atoms with van der Waals surface area (Å²) in [6.07, 6.45) is 1.60. The first-order chi connectivity index (χ1) is 6.83. The maximum Gasteiger partial charge on any atom is 0.523 e. The van der Waals surface area contributed by atoms with Crippen molar-refractivity contribution in [2.24, 2.45) is 0 Å². The van der Waals surface area contributed by atoms with E-state index >= 15 is 0 Å². The lowest BCUT2D eigenvalue weighted by atomic mass is 10.1. The van der Waals surface area contributed by atoms with Crippen molar-refractivity contribution < 1.29 is 30.5 Å². The lowest BCUT2D eigenvalue weighted by Gasteiger charge is -2.22. The molecular formula is C7H11F3O4S. The van der Waals surface area contributed by atoms with Gasteiger partial charge in [0, 0.05) is 6.61 Å². The van der Waals surface area contributed by atoms with E-state index in [-0.39, 0.29) is 0 Å². The molecule has 90 valence electrons. The zero-order valence-corrected chi connectivity index (χ0v) is 8.60. The van der Waals surface area contributed by atoms with E-state index in [1.165, 1.54) is 0 Å². The highest BCUT2D eigenvalue weighted by Crippen LogP contribution is 2.25. The fraction of sp³-hybridized carbons (Fsp3) is 1.00. The monoisotopic (exact) mass is 248 g/mol. The fourth-order valence-electron chi connectivity index (χ4n) is 1.17. The molecule has 4 nitrogen and oxygen atoms in total. The number of hydrogen-bond donors (Lipinski definition) is 0. The molecule has 1 fully saturated rings. The lowest BCUT2D eigenvalue weighted by Crippen LogP contribution is -2.31. The molecular weight excluding hydrogens is 237 g/mol. The molecule has 0 saturated carbocycles. The third-order valence-electron chi connectivity index (χ3n) is 1.97. The highest BCUT2D eigenvalue weighted by atomic mass is 32.2. The van der Waals surface area contributed by atoms with E-state index in [9.17, 15) is 21.6 Å². The predicted molar refractivity (Wildman–Crippen MR) is 44.5 cm³/mol. The molecule has 1 heterocycles. The Labute approximate surface area is 85.5 Å². The minimum Gasteiger partial charge on any atom is -0.376 e. The Kier molecular flexibility index (Phi) is 3.96. The molecule has 0 aromatic heterocycles. The van der Waals surface area contributed by atoms with Crippen LogP contribution in [0.1, 0.15) is 19.3 Å². The van der Waals surface area contributed by atoms with Crippen LogP contribution in [-0.2, 0) is 19.0 Å². The summed E-state index contributed by atoms with van der Waals surface area (Å²) in [7, 11) is -5.48. The Balaban J connectivity index is 2.42. The molecule has 15 heavy (non-hydrogen) atoms. The molecule has 0 N–H and O–H groups in total. The van der Waals surface area contributed by atoms with Gasteiger partial charge in [-0.25, -0.2) is 0 Å². The highest BCUT2D eigenvalue weighted by Gasteiger charge is 2.47. The van der Waals surface area contributed by atoms with Gasteiger partial charge in [0.25, 0.3) is 0 Å². The van der Waals surface area contributed by atoms with Gasteiger partial charge in [-0.3, -0.25) is 4.18 Å². The largest absolute Gasteiger partial charge is 0.523 e. The maximum atomic E-state index is 11.8. The Hall–Kier alpha value is -0.340. The van der Waals surface area contributed by atoms with Crippen LogP contribution in [0.15, 0.2) is 0 Å². The maximum absolute atomic E-state index is 11.8. The normalized spacial score (nSPS) is 24.1. The summed E-state index contributed by atoms with van der Waals surface area (Å²) >= 11 is 0. The number of halogens is 3. The topological polar surface area (TPSA) is 52.6 Å². The number of hydrogen-bond acceptors (Lipinski definition) is 4. The van der Waals surface area contributed by atoms with Gasteiger partial charge in [0.2, 0.25) is 0 Å². The summed E-state index contributed by atoms with van der Waals surface area (Å²) in [6.45, 7) is -0.137. The SMILES string of the molecule is O=S(=O)(OCC1CCCCO1)C(F)(F)F. The molecule has 0 bridgehead atoms. The minimum atomic E-state index is -5.48. The van der Waals surface area contributed by atoms with E-state index in [4.69, 9.17) is 4.74 Å². The molecule has 0 aromatic rings. The Bertz CT molecular complexity index is 292. The van der Waals surface area contributed by atoms with Gasteiger partial charge in [0.1, 0.15) is 0 Å². The smallest absolute Gasteiger partial charge is 0.376 e. The average Bonchev–Trinajstić information content (AvgIpc) is 2.15. The summed E-state index contributed by atoms with van der Waals surface area (Å²) in [5, 5.41) is 0. The molecule has 1 unspecified atom stereocenters. The number of ether oxygens (including phenoxy) is 1. The molecule has 1 aliphatic heterocycles. The second-order valence-corrected chi connectivity index (χ2v) is 4.78.